The van der Waals surface area contributed by atoms with Crippen LogP contribution in [0.1, 0.15) is 18.1 Å². The maximum Gasteiger partial charge on any atom is 0.421 e. The van der Waals surface area contributed by atoms with E-state index in [-0.39, 0.29) is 11.8 Å². The van der Waals surface area contributed by atoms with Crippen LogP contribution in [0.5, 0.6) is 5.75 Å². The van der Waals surface area contributed by atoms with E-state index in [0.717, 1.165) is 18.2 Å². The van der Waals surface area contributed by atoms with Gasteiger partial charge < -0.3 is 15.0 Å². The van der Waals surface area contributed by atoms with Gasteiger partial charge in [-0.05, 0) is 48.4 Å². The molecule has 0 aliphatic carbocycles. The van der Waals surface area contributed by atoms with Crippen molar-refractivity contribution in [3.05, 3.63) is 65.9 Å². The lowest BCUT2D eigenvalue weighted by Gasteiger charge is -2.20. The van der Waals surface area contributed by atoms with E-state index in [0.29, 0.717) is 17.1 Å². The standard InChI is InChI=1S/C21H21F3N4O/c1-4-14-5-7-15(8-6-14)26-19-18(21(22,23)24)13-25-20(27-19)28(2)16-9-11-17(29-3)12-10-16/h5-13H,4H2,1-3H3,(H,25,26,27). The second-order valence-corrected chi connectivity index (χ2v) is 6.36. The molecule has 0 aliphatic rings. The highest BCUT2D eigenvalue weighted by Gasteiger charge is 2.35. The summed E-state index contributed by atoms with van der Waals surface area (Å²) in [7, 11) is 3.24. The van der Waals surface area contributed by atoms with Crippen LogP contribution in [0.15, 0.2) is 54.7 Å². The summed E-state index contributed by atoms with van der Waals surface area (Å²) in [5.74, 6) is 0.510. The number of halogens is 3. The van der Waals surface area contributed by atoms with Crippen molar-refractivity contribution >= 4 is 23.1 Å². The van der Waals surface area contributed by atoms with Gasteiger partial charge in [0.1, 0.15) is 17.1 Å². The molecule has 0 spiro atoms. The molecule has 0 saturated heterocycles. The number of ether oxygens (including phenoxy) is 1. The quantitative estimate of drug-likeness (QED) is 0.584. The van der Waals surface area contributed by atoms with Gasteiger partial charge in [0.25, 0.3) is 0 Å². The minimum Gasteiger partial charge on any atom is -0.497 e. The van der Waals surface area contributed by atoms with Gasteiger partial charge in [-0.3, -0.25) is 0 Å². The number of hydrogen-bond donors (Lipinski definition) is 1. The van der Waals surface area contributed by atoms with Gasteiger partial charge in [0.05, 0.1) is 7.11 Å². The number of anilines is 4. The van der Waals surface area contributed by atoms with Gasteiger partial charge in [-0.25, -0.2) is 4.98 Å². The number of aromatic nitrogens is 2. The Hall–Kier alpha value is -3.29. The number of hydrogen-bond acceptors (Lipinski definition) is 5. The van der Waals surface area contributed by atoms with Crippen LogP contribution in [0.3, 0.4) is 0 Å². The highest BCUT2D eigenvalue weighted by molar-refractivity contribution is 5.64. The van der Waals surface area contributed by atoms with Crippen molar-refractivity contribution in [1.29, 1.82) is 0 Å². The summed E-state index contributed by atoms with van der Waals surface area (Å²) in [6, 6.07) is 14.2. The summed E-state index contributed by atoms with van der Waals surface area (Å²) in [5, 5.41) is 2.78. The van der Waals surface area contributed by atoms with E-state index in [1.54, 1.807) is 55.5 Å². The number of rotatable bonds is 6. The van der Waals surface area contributed by atoms with Crippen molar-refractivity contribution in [3.8, 4) is 5.75 Å². The van der Waals surface area contributed by atoms with Crippen LogP contribution in [-0.2, 0) is 12.6 Å². The molecule has 1 aromatic heterocycles. The first-order chi connectivity index (χ1) is 13.8. The van der Waals surface area contributed by atoms with Crippen LogP contribution >= 0.6 is 0 Å². The predicted octanol–water partition coefficient (Wildman–Crippen LogP) is 5.58. The minimum atomic E-state index is -4.58. The number of methoxy groups -OCH3 is 1. The molecule has 5 nitrogen and oxygen atoms in total. The molecule has 0 saturated carbocycles. The molecule has 8 heteroatoms. The Balaban J connectivity index is 1.95. The molecule has 0 fully saturated rings. The molecule has 0 atom stereocenters. The van der Waals surface area contributed by atoms with Crippen molar-refractivity contribution in [2.75, 3.05) is 24.4 Å². The van der Waals surface area contributed by atoms with Crippen LogP contribution in [0.25, 0.3) is 0 Å². The summed E-state index contributed by atoms with van der Waals surface area (Å²) in [6.07, 6.45) is -2.94. The number of nitrogens with zero attached hydrogens (tertiary/aromatic N) is 3. The molecule has 0 bridgehead atoms. The molecule has 152 valence electrons. The van der Waals surface area contributed by atoms with Crippen molar-refractivity contribution < 1.29 is 17.9 Å². The Kier molecular flexibility index (Phi) is 5.91. The summed E-state index contributed by atoms with van der Waals surface area (Å²) in [5.41, 5.74) is 1.39. The molecule has 29 heavy (non-hydrogen) atoms. The Labute approximate surface area is 167 Å². The van der Waals surface area contributed by atoms with E-state index in [4.69, 9.17) is 4.74 Å². The molecular weight excluding hydrogens is 381 g/mol. The molecule has 0 aliphatic heterocycles. The molecule has 3 aromatic rings. The fourth-order valence-corrected chi connectivity index (χ4v) is 2.72. The first-order valence-electron chi connectivity index (χ1n) is 8.99. The van der Waals surface area contributed by atoms with Crippen LogP contribution in [0.2, 0.25) is 0 Å². The fourth-order valence-electron chi connectivity index (χ4n) is 2.72. The summed E-state index contributed by atoms with van der Waals surface area (Å²) >= 11 is 0. The van der Waals surface area contributed by atoms with Crippen LogP contribution in [-0.4, -0.2) is 24.1 Å². The first-order valence-corrected chi connectivity index (χ1v) is 8.99. The molecule has 0 unspecified atom stereocenters. The number of alkyl halides is 3. The fraction of sp³-hybridized carbons (Fsp3) is 0.238. The number of nitrogens with one attached hydrogen (secondary N) is 1. The number of benzene rings is 2. The molecule has 0 radical (unpaired) electrons. The largest absolute Gasteiger partial charge is 0.497 e. The molecular formula is C21H21F3N4O. The average molecular weight is 402 g/mol. The van der Waals surface area contributed by atoms with Gasteiger partial charge in [-0.2, -0.15) is 18.2 Å². The van der Waals surface area contributed by atoms with E-state index in [1.165, 1.54) is 0 Å². The first kappa shape index (κ1) is 20.4. The normalized spacial score (nSPS) is 11.2. The topological polar surface area (TPSA) is 50.3 Å². The van der Waals surface area contributed by atoms with Gasteiger partial charge in [0.15, 0.2) is 0 Å². The van der Waals surface area contributed by atoms with Gasteiger partial charge >= 0.3 is 6.18 Å². The van der Waals surface area contributed by atoms with Crippen molar-refractivity contribution in [2.45, 2.75) is 19.5 Å². The molecule has 1 N–H and O–H groups in total. The third kappa shape index (κ3) is 4.77. The average Bonchev–Trinajstić information content (AvgIpc) is 2.73. The SMILES string of the molecule is CCc1ccc(Nc2nc(N(C)c3ccc(OC)cc3)ncc2C(F)(F)F)cc1. The van der Waals surface area contributed by atoms with Gasteiger partial charge in [0.2, 0.25) is 5.95 Å². The van der Waals surface area contributed by atoms with Crippen LogP contribution in [0.4, 0.5) is 36.3 Å². The van der Waals surface area contributed by atoms with E-state index in [9.17, 15) is 13.2 Å². The van der Waals surface area contributed by atoms with E-state index < -0.39 is 11.7 Å². The maximum atomic E-state index is 13.5. The monoisotopic (exact) mass is 402 g/mol. The van der Waals surface area contributed by atoms with E-state index in [1.807, 2.05) is 19.1 Å². The lowest BCUT2D eigenvalue weighted by molar-refractivity contribution is -0.137. The van der Waals surface area contributed by atoms with Gasteiger partial charge in [-0.15, -0.1) is 0 Å². The maximum absolute atomic E-state index is 13.5. The van der Waals surface area contributed by atoms with Gasteiger partial charge in [-0.1, -0.05) is 19.1 Å². The predicted molar refractivity (Wildman–Crippen MR) is 107 cm³/mol. The smallest absolute Gasteiger partial charge is 0.421 e. The summed E-state index contributed by atoms with van der Waals surface area (Å²) in [4.78, 5) is 9.67. The lowest BCUT2D eigenvalue weighted by atomic mass is 10.1. The lowest BCUT2D eigenvalue weighted by Crippen LogP contribution is -2.17. The Morgan fingerprint density at radius 3 is 2.24 bits per heavy atom. The highest BCUT2D eigenvalue weighted by Crippen LogP contribution is 2.36. The van der Waals surface area contributed by atoms with E-state index in [2.05, 4.69) is 15.3 Å². The van der Waals surface area contributed by atoms with E-state index >= 15 is 0 Å². The second kappa shape index (κ2) is 8.38. The molecule has 0 amide bonds. The van der Waals surface area contributed by atoms with Crippen molar-refractivity contribution in [1.82, 2.24) is 9.97 Å². The molecule has 1 heterocycles. The highest BCUT2D eigenvalue weighted by atomic mass is 19.4. The summed E-state index contributed by atoms with van der Waals surface area (Å²) in [6.45, 7) is 2.01. The van der Waals surface area contributed by atoms with Crippen molar-refractivity contribution in [2.24, 2.45) is 0 Å². The Morgan fingerprint density at radius 1 is 1.03 bits per heavy atom. The van der Waals surface area contributed by atoms with Crippen LogP contribution < -0.4 is 15.0 Å². The second-order valence-electron chi connectivity index (χ2n) is 6.36. The van der Waals surface area contributed by atoms with Gasteiger partial charge in [0, 0.05) is 24.6 Å². The zero-order valence-electron chi connectivity index (χ0n) is 16.3. The third-order valence-electron chi connectivity index (χ3n) is 4.47. The van der Waals surface area contributed by atoms with Crippen LogP contribution in [0, 0.1) is 0 Å². The third-order valence-corrected chi connectivity index (χ3v) is 4.47. The Bertz CT molecular complexity index is 957. The summed E-state index contributed by atoms with van der Waals surface area (Å²) < 4.78 is 45.5. The minimum absolute atomic E-state index is 0.135. The Morgan fingerprint density at radius 2 is 1.69 bits per heavy atom. The zero-order valence-corrected chi connectivity index (χ0v) is 16.3. The molecule has 3 rings (SSSR count). The molecule has 2 aromatic carbocycles. The zero-order chi connectivity index (χ0) is 21.0. The van der Waals surface area contributed by atoms with Crippen molar-refractivity contribution in [3.63, 3.8) is 0 Å². The number of aryl methyl sites for hydroxylation is 1.